The fourth-order valence-corrected chi connectivity index (χ4v) is 3.11. The Morgan fingerprint density at radius 1 is 1.28 bits per heavy atom. The Bertz CT molecular complexity index is 286. The number of carbonyl (C=O) groups excluding carboxylic acids is 1. The molecule has 0 bridgehead atoms. The molecule has 2 rings (SSSR count). The maximum Gasteiger partial charge on any atom is 0.225 e. The van der Waals surface area contributed by atoms with E-state index in [4.69, 9.17) is 5.73 Å². The second-order valence-corrected chi connectivity index (χ2v) is 6.28. The van der Waals surface area contributed by atoms with Crippen molar-refractivity contribution >= 4 is 5.91 Å². The molecule has 18 heavy (non-hydrogen) atoms. The summed E-state index contributed by atoms with van der Waals surface area (Å²) in [6.45, 7) is 4.04. The van der Waals surface area contributed by atoms with Crippen molar-refractivity contribution in [1.82, 2.24) is 4.90 Å². The Morgan fingerprint density at radius 2 is 1.83 bits per heavy atom. The van der Waals surface area contributed by atoms with Gasteiger partial charge in [0.05, 0.1) is 5.60 Å². The van der Waals surface area contributed by atoms with Crippen LogP contribution in [0.1, 0.15) is 45.4 Å². The summed E-state index contributed by atoms with van der Waals surface area (Å²) in [6.07, 6.45) is 5.59. The van der Waals surface area contributed by atoms with E-state index in [0.29, 0.717) is 37.8 Å². The molecule has 1 saturated carbocycles. The van der Waals surface area contributed by atoms with Crippen LogP contribution in [0.5, 0.6) is 0 Å². The first-order valence-electron chi connectivity index (χ1n) is 7.23. The Morgan fingerprint density at radius 3 is 2.33 bits per heavy atom. The molecule has 1 aliphatic carbocycles. The number of hydrogen-bond acceptors (Lipinski definition) is 3. The molecule has 2 fully saturated rings. The number of piperidine rings is 1. The van der Waals surface area contributed by atoms with E-state index in [0.717, 1.165) is 32.2 Å². The minimum Gasteiger partial charge on any atom is -0.390 e. The minimum absolute atomic E-state index is 0.204. The highest BCUT2D eigenvalue weighted by molar-refractivity contribution is 5.79. The van der Waals surface area contributed by atoms with E-state index in [9.17, 15) is 9.90 Å². The third-order valence-electron chi connectivity index (χ3n) is 4.68. The molecular weight excluding hydrogens is 228 g/mol. The zero-order valence-electron chi connectivity index (χ0n) is 11.4. The number of carbonyl (C=O) groups is 1. The fourth-order valence-electron chi connectivity index (χ4n) is 3.11. The Hall–Kier alpha value is -0.610. The molecule has 0 unspecified atom stereocenters. The number of nitrogens with zero attached hydrogens (tertiary/aromatic N) is 1. The standard InChI is InChI=1S/C14H26N2O2/c1-14(18)6-8-16(9-7-14)13(17)12-4-2-11(10-15)3-5-12/h11-12,18H,2-10,15H2,1H3. The van der Waals surface area contributed by atoms with Crippen LogP contribution < -0.4 is 5.73 Å². The third kappa shape index (κ3) is 3.23. The van der Waals surface area contributed by atoms with Gasteiger partial charge in [-0.2, -0.15) is 0 Å². The van der Waals surface area contributed by atoms with Crippen LogP contribution in [-0.2, 0) is 4.79 Å². The predicted molar refractivity (Wildman–Crippen MR) is 70.9 cm³/mol. The first-order chi connectivity index (χ1) is 8.52. The van der Waals surface area contributed by atoms with Crippen LogP contribution in [-0.4, -0.2) is 41.1 Å². The topological polar surface area (TPSA) is 66.6 Å². The lowest BCUT2D eigenvalue weighted by atomic mass is 9.81. The third-order valence-corrected chi connectivity index (χ3v) is 4.68. The van der Waals surface area contributed by atoms with Gasteiger partial charge >= 0.3 is 0 Å². The zero-order valence-corrected chi connectivity index (χ0v) is 11.4. The summed E-state index contributed by atoms with van der Waals surface area (Å²) in [6, 6.07) is 0. The van der Waals surface area contributed by atoms with Crippen LogP contribution in [0.2, 0.25) is 0 Å². The molecule has 0 radical (unpaired) electrons. The molecule has 0 aromatic rings. The first-order valence-corrected chi connectivity index (χ1v) is 7.23. The maximum atomic E-state index is 12.4. The quantitative estimate of drug-likeness (QED) is 0.776. The van der Waals surface area contributed by atoms with Gasteiger partial charge in [-0.3, -0.25) is 4.79 Å². The molecular formula is C14H26N2O2. The lowest BCUT2D eigenvalue weighted by molar-refractivity contribution is -0.140. The Kier molecular flexibility index (Phi) is 4.28. The molecule has 1 amide bonds. The van der Waals surface area contributed by atoms with Gasteiger partial charge in [-0.15, -0.1) is 0 Å². The predicted octanol–water partition coefficient (Wildman–Crippen LogP) is 1.12. The average molecular weight is 254 g/mol. The molecule has 1 aliphatic heterocycles. The van der Waals surface area contributed by atoms with E-state index in [1.165, 1.54) is 0 Å². The van der Waals surface area contributed by atoms with Gasteiger partial charge in [-0.25, -0.2) is 0 Å². The molecule has 3 N–H and O–H groups in total. The summed E-state index contributed by atoms with van der Waals surface area (Å²) in [7, 11) is 0. The fraction of sp³-hybridized carbons (Fsp3) is 0.929. The van der Waals surface area contributed by atoms with Gasteiger partial charge < -0.3 is 15.7 Å². The molecule has 0 aromatic carbocycles. The number of rotatable bonds is 2. The Balaban J connectivity index is 1.82. The molecule has 4 heteroatoms. The van der Waals surface area contributed by atoms with E-state index in [1.807, 2.05) is 11.8 Å². The van der Waals surface area contributed by atoms with Gasteiger partial charge in [0.1, 0.15) is 0 Å². The number of hydrogen-bond donors (Lipinski definition) is 2. The highest BCUT2D eigenvalue weighted by Crippen LogP contribution is 2.31. The van der Waals surface area contributed by atoms with Crippen molar-refractivity contribution in [3.8, 4) is 0 Å². The van der Waals surface area contributed by atoms with Crippen LogP contribution in [0.4, 0.5) is 0 Å². The highest BCUT2D eigenvalue weighted by atomic mass is 16.3. The van der Waals surface area contributed by atoms with Gasteiger partial charge in [0.25, 0.3) is 0 Å². The second kappa shape index (κ2) is 5.57. The molecule has 1 saturated heterocycles. The summed E-state index contributed by atoms with van der Waals surface area (Å²) in [5.41, 5.74) is 5.10. The van der Waals surface area contributed by atoms with Gasteiger partial charge in [-0.1, -0.05) is 0 Å². The number of likely N-dealkylation sites (tertiary alicyclic amines) is 1. The molecule has 2 aliphatic rings. The zero-order chi connectivity index (χ0) is 13.2. The van der Waals surface area contributed by atoms with Crippen LogP contribution in [0.3, 0.4) is 0 Å². The van der Waals surface area contributed by atoms with Crippen LogP contribution >= 0.6 is 0 Å². The van der Waals surface area contributed by atoms with Crippen LogP contribution in [0.15, 0.2) is 0 Å². The molecule has 4 nitrogen and oxygen atoms in total. The van der Waals surface area contributed by atoms with Gasteiger partial charge in [0.15, 0.2) is 0 Å². The number of amides is 1. The number of aliphatic hydroxyl groups is 1. The second-order valence-electron chi connectivity index (χ2n) is 6.28. The van der Waals surface area contributed by atoms with Crippen molar-refractivity contribution in [2.24, 2.45) is 17.6 Å². The van der Waals surface area contributed by atoms with Gasteiger partial charge in [0, 0.05) is 19.0 Å². The summed E-state index contributed by atoms with van der Waals surface area (Å²) >= 11 is 0. The van der Waals surface area contributed by atoms with Crippen molar-refractivity contribution < 1.29 is 9.90 Å². The van der Waals surface area contributed by atoms with Gasteiger partial charge in [0.2, 0.25) is 5.91 Å². The monoisotopic (exact) mass is 254 g/mol. The molecule has 0 atom stereocenters. The normalized spacial score (nSPS) is 32.3. The van der Waals surface area contributed by atoms with Crippen molar-refractivity contribution in [1.29, 1.82) is 0 Å². The first kappa shape index (κ1) is 13.8. The lowest BCUT2D eigenvalue weighted by Gasteiger charge is -2.38. The van der Waals surface area contributed by atoms with Crippen LogP contribution in [0.25, 0.3) is 0 Å². The Labute approximate surface area is 110 Å². The molecule has 0 aromatic heterocycles. The van der Waals surface area contributed by atoms with E-state index in [-0.39, 0.29) is 5.92 Å². The molecule has 0 spiro atoms. The van der Waals surface area contributed by atoms with Crippen molar-refractivity contribution in [2.75, 3.05) is 19.6 Å². The summed E-state index contributed by atoms with van der Waals surface area (Å²) in [5.74, 6) is 1.13. The molecule has 104 valence electrons. The van der Waals surface area contributed by atoms with Crippen LogP contribution in [0, 0.1) is 11.8 Å². The maximum absolute atomic E-state index is 12.4. The summed E-state index contributed by atoms with van der Waals surface area (Å²) in [5, 5.41) is 9.90. The van der Waals surface area contributed by atoms with Crippen molar-refractivity contribution in [3.63, 3.8) is 0 Å². The molecule has 1 heterocycles. The smallest absolute Gasteiger partial charge is 0.225 e. The van der Waals surface area contributed by atoms with E-state index >= 15 is 0 Å². The van der Waals surface area contributed by atoms with Crippen molar-refractivity contribution in [2.45, 2.75) is 51.0 Å². The summed E-state index contributed by atoms with van der Waals surface area (Å²) < 4.78 is 0. The van der Waals surface area contributed by atoms with E-state index in [2.05, 4.69) is 0 Å². The number of nitrogens with two attached hydrogens (primary N) is 1. The van der Waals surface area contributed by atoms with Gasteiger partial charge in [-0.05, 0) is 57.9 Å². The SMILES string of the molecule is CC1(O)CCN(C(=O)C2CCC(CN)CC2)CC1. The van der Waals surface area contributed by atoms with E-state index < -0.39 is 5.60 Å². The van der Waals surface area contributed by atoms with E-state index in [1.54, 1.807) is 0 Å². The minimum atomic E-state index is -0.575. The summed E-state index contributed by atoms with van der Waals surface area (Å²) in [4.78, 5) is 14.3. The highest BCUT2D eigenvalue weighted by Gasteiger charge is 2.33. The van der Waals surface area contributed by atoms with Crippen molar-refractivity contribution in [3.05, 3.63) is 0 Å². The average Bonchev–Trinajstić information content (AvgIpc) is 2.38. The largest absolute Gasteiger partial charge is 0.390 e. The lowest BCUT2D eigenvalue weighted by Crippen LogP contribution is -2.47.